The van der Waals surface area contributed by atoms with Crippen LogP contribution >= 0.6 is 23.5 Å². The quantitative estimate of drug-likeness (QED) is 0.254. The van der Waals surface area contributed by atoms with E-state index in [1.54, 1.807) is 20.9 Å². The highest BCUT2D eigenvalue weighted by Crippen LogP contribution is 2.28. The minimum Gasteiger partial charge on any atom is -0.297 e. The van der Waals surface area contributed by atoms with Crippen LogP contribution in [0.25, 0.3) is 0 Å². The molecule has 0 spiro atoms. The average molecular weight is 253 g/mol. The molecule has 0 bridgehead atoms. The summed E-state index contributed by atoms with van der Waals surface area (Å²) in [5.74, 6) is 0.450. The minimum atomic E-state index is -0.501. The van der Waals surface area contributed by atoms with Gasteiger partial charge in [0.2, 0.25) is 0 Å². The Morgan fingerprint density at radius 1 is 1.53 bits per heavy atom. The molecule has 0 aromatic rings. The van der Waals surface area contributed by atoms with Crippen LogP contribution in [0.2, 0.25) is 0 Å². The van der Waals surface area contributed by atoms with Crippen molar-refractivity contribution >= 4 is 35.4 Å². The first-order valence-corrected chi connectivity index (χ1v) is 5.80. The first-order valence-electron chi connectivity index (χ1n) is 4.49. The van der Waals surface area contributed by atoms with Crippen molar-refractivity contribution in [3.63, 3.8) is 0 Å². The Morgan fingerprint density at radius 3 is 2.47 bits per heavy atom. The van der Waals surface area contributed by atoms with Gasteiger partial charge < -0.3 is 0 Å². The van der Waals surface area contributed by atoms with E-state index in [1.807, 2.05) is 13.8 Å². The summed E-state index contributed by atoms with van der Waals surface area (Å²) in [7, 11) is 1.63. The molecule has 0 aliphatic rings. The highest BCUT2D eigenvalue weighted by atomic mass is 35.5. The molecule has 0 atom stereocenters. The van der Waals surface area contributed by atoms with Gasteiger partial charge in [0.05, 0.1) is 5.71 Å². The first kappa shape index (κ1) is 14.6. The van der Waals surface area contributed by atoms with E-state index in [-0.39, 0.29) is 4.75 Å². The van der Waals surface area contributed by atoms with Crippen molar-refractivity contribution in [1.82, 2.24) is 4.31 Å². The second-order valence-electron chi connectivity index (χ2n) is 3.88. The topological polar surface area (TPSA) is 41.9 Å². The predicted molar refractivity (Wildman–Crippen MR) is 65.4 cm³/mol. The molecular formula is C9H17ClN2O2S. The highest BCUT2D eigenvalue weighted by molar-refractivity contribution is 7.98. The van der Waals surface area contributed by atoms with Crippen molar-refractivity contribution in [1.29, 1.82) is 0 Å². The fraction of sp³-hybridized carbons (Fsp3) is 0.778. The van der Waals surface area contributed by atoms with E-state index >= 15 is 0 Å². The maximum absolute atomic E-state index is 11.4. The fourth-order valence-electron chi connectivity index (χ4n) is 0.620. The van der Waals surface area contributed by atoms with E-state index in [2.05, 4.69) is 9.99 Å². The summed E-state index contributed by atoms with van der Waals surface area (Å²) in [6, 6.07) is 0. The zero-order valence-corrected chi connectivity index (χ0v) is 11.3. The molecule has 0 fully saturated rings. The standard InChI is InChI=1S/C9H17ClN2O2S/c1-7(2)11-14-8(13)12(5)15-9(3,4)6-10/h6H2,1-5H3. The van der Waals surface area contributed by atoms with E-state index < -0.39 is 6.09 Å². The molecule has 0 aromatic heterocycles. The molecule has 6 heteroatoms. The summed E-state index contributed by atoms with van der Waals surface area (Å²) in [6.07, 6.45) is -0.501. The zero-order valence-electron chi connectivity index (χ0n) is 9.70. The minimum absolute atomic E-state index is 0.208. The average Bonchev–Trinajstić information content (AvgIpc) is 2.13. The van der Waals surface area contributed by atoms with Gasteiger partial charge in [-0.1, -0.05) is 5.16 Å². The van der Waals surface area contributed by atoms with Crippen LogP contribution in [0.15, 0.2) is 5.16 Å². The molecule has 1 amide bonds. The summed E-state index contributed by atoms with van der Waals surface area (Å²) in [5, 5.41) is 3.58. The highest BCUT2D eigenvalue weighted by Gasteiger charge is 2.23. The van der Waals surface area contributed by atoms with Gasteiger partial charge in [-0.15, -0.1) is 11.6 Å². The van der Waals surface area contributed by atoms with Crippen molar-refractivity contribution in [3.8, 4) is 0 Å². The van der Waals surface area contributed by atoms with E-state index in [4.69, 9.17) is 11.6 Å². The van der Waals surface area contributed by atoms with Gasteiger partial charge in [0.1, 0.15) is 0 Å². The monoisotopic (exact) mass is 252 g/mol. The van der Waals surface area contributed by atoms with Crippen LogP contribution in [0, 0.1) is 0 Å². The van der Waals surface area contributed by atoms with Crippen LogP contribution in [0.5, 0.6) is 0 Å². The molecule has 0 aromatic carbocycles. The molecule has 0 saturated carbocycles. The number of oxime groups is 1. The van der Waals surface area contributed by atoms with Crippen LogP contribution in [0.1, 0.15) is 27.7 Å². The molecule has 0 aliphatic heterocycles. The van der Waals surface area contributed by atoms with E-state index in [0.29, 0.717) is 11.6 Å². The smallest absolute Gasteiger partial charge is 0.297 e. The molecule has 0 unspecified atom stereocenters. The van der Waals surface area contributed by atoms with Gasteiger partial charge in [-0.05, 0) is 39.6 Å². The third kappa shape index (κ3) is 6.62. The maximum atomic E-state index is 11.4. The number of hydrogen-bond donors (Lipinski definition) is 0. The van der Waals surface area contributed by atoms with E-state index in [0.717, 1.165) is 0 Å². The van der Waals surface area contributed by atoms with Crippen molar-refractivity contribution in [2.24, 2.45) is 5.16 Å². The van der Waals surface area contributed by atoms with Crippen molar-refractivity contribution < 1.29 is 9.63 Å². The summed E-state index contributed by atoms with van der Waals surface area (Å²) in [4.78, 5) is 16.0. The molecule has 0 N–H and O–H groups in total. The number of carbonyl (C=O) groups is 1. The van der Waals surface area contributed by atoms with Gasteiger partial charge in [0, 0.05) is 17.7 Å². The normalized spacial score (nSPS) is 10.8. The van der Waals surface area contributed by atoms with E-state index in [1.165, 1.54) is 16.3 Å². The largest absolute Gasteiger partial charge is 0.445 e. The van der Waals surface area contributed by atoms with Crippen LogP contribution < -0.4 is 0 Å². The lowest BCUT2D eigenvalue weighted by Gasteiger charge is -2.25. The van der Waals surface area contributed by atoms with Gasteiger partial charge in [0.15, 0.2) is 0 Å². The molecule has 0 aliphatic carbocycles. The fourth-order valence-corrected chi connectivity index (χ4v) is 1.66. The molecule has 0 rings (SSSR count). The first-order chi connectivity index (χ1) is 6.78. The molecule has 0 radical (unpaired) electrons. The van der Waals surface area contributed by atoms with Crippen molar-refractivity contribution in [2.45, 2.75) is 32.4 Å². The van der Waals surface area contributed by atoms with E-state index in [9.17, 15) is 4.79 Å². The Morgan fingerprint density at radius 2 is 2.07 bits per heavy atom. The molecule has 88 valence electrons. The SMILES string of the molecule is CC(C)=NOC(=O)N(C)SC(C)(C)CCl. The van der Waals surface area contributed by atoms with Crippen LogP contribution in [0.4, 0.5) is 4.79 Å². The Kier molecular flexibility index (Phi) is 6.05. The second kappa shape index (κ2) is 6.23. The molecule has 15 heavy (non-hydrogen) atoms. The number of amides is 1. The second-order valence-corrected chi connectivity index (χ2v) is 5.98. The van der Waals surface area contributed by atoms with Crippen molar-refractivity contribution in [3.05, 3.63) is 0 Å². The number of alkyl halides is 1. The van der Waals surface area contributed by atoms with Crippen molar-refractivity contribution in [2.75, 3.05) is 12.9 Å². The van der Waals surface area contributed by atoms with Gasteiger partial charge in [-0.2, -0.15) is 0 Å². The third-order valence-electron chi connectivity index (χ3n) is 1.27. The summed E-state index contributed by atoms with van der Waals surface area (Å²) < 4.78 is 1.18. The third-order valence-corrected chi connectivity index (χ3v) is 3.16. The van der Waals surface area contributed by atoms with Gasteiger partial charge >= 0.3 is 6.09 Å². The Balaban J connectivity index is 4.16. The lowest BCUT2D eigenvalue weighted by Crippen LogP contribution is -2.28. The van der Waals surface area contributed by atoms with Crippen LogP contribution in [0.3, 0.4) is 0 Å². The van der Waals surface area contributed by atoms with Gasteiger partial charge in [-0.25, -0.2) is 4.79 Å². The number of halogens is 1. The maximum Gasteiger partial charge on any atom is 0.445 e. The number of nitrogens with zero attached hydrogens (tertiary/aromatic N) is 2. The molecule has 4 nitrogen and oxygen atoms in total. The summed E-state index contributed by atoms with van der Waals surface area (Å²) >= 11 is 7.06. The molecule has 0 saturated heterocycles. The summed E-state index contributed by atoms with van der Waals surface area (Å²) in [6.45, 7) is 7.40. The summed E-state index contributed by atoms with van der Waals surface area (Å²) in [5.41, 5.74) is 0.693. The Labute approximate surface area is 100 Å². The lowest BCUT2D eigenvalue weighted by molar-refractivity contribution is 0.136. The van der Waals surface area contributed by atoms with Crippen LogP contribution in [-0.2, 0) is 4.84 Å². The predicted octanol–water partition coefficient (Wildman–Crippen LogP) is 3.12. The Bertz CT molecular complexity index is 252. The number of rotatable bonds is 4. The van der Waals surface area contributed by atoms with Gasteiger partial charge in [-0.3, -0.25) is 9.14 Å². The zero-order chi connectivity index (χ0) is 12.1. The number of carbonyl (C=O) groups excluding carboxylic acids is 1. The van der Waals surface area contributed by atoms with Crippen LogP contribution in [-0.4, -0.2) is 33.8 Å². The lowest BCUT2D eigenvalue weighted by atomic mass is 10.2. The molecule has 0 heterocycles. The Hall–Kier alpha value is -0.420. The van der Waals surface area contributed by atoms with Gasteiger partial charge in [0.25, 0.3) is 0 Å². The number of hydrogen-bond acceptors (Lipinski definition) is 4. The molecular weight excluding hydrogens is 236 g/mol.